The molecule has 206 valence electrons. The molecule has 0 saturated heterocycles. The van der Waals surface area contributed by atoms with Gasteiger partial charge in [-0.05, 0) is 47.5 Å². The molecular formula is C40H31N2O+. The normalized spacial score (nSPS) is 12.7. The molecule has 0 radical (unpaired) electrons. The van der Waals surface area contributed by atoms with Gasteiger partial charge in [0.15, 0.2) is 0 Å². The molecule has 0 amide bonds. The first kappa shape index (κ1) is 25.3. The van der Waals surface area contributed by atoms with Crippen LogP contribution in [0.5, 0.6) is 11.5 Å². The van der Waals surface area contributed by atoms with Crippen molar-refractivity contribution in [2.45, 2.75) is 5.92 Å². The Hall–Kier alpha value is -5.41. The number of aromatic nitrogens is 1. The second-order valence-electron chi connectivity index (χ2n) is 11.2. The van der Waals surface area contributed by atoms with Crippen molar-refractivity contribution in [2.75, 3.05) is 11.9 Å². The Morgan fingerprint density at radius 1 is 0.512 bits per heavy atom. The molecule has 3 heteroatoms. The average molecular weight is 556 g/mol. The zero-order valence-electron chi connectivity index (χ0n) is 24.2. The van der Waals surface area contributed by atoms with Crippen molar-refractivity contribution in [3.05, 3.63) is 162 Å². The van der Waals surface area contributed by atoms with Gasteiger partial charge in [-0.15, -0.1) is 0 Å². The Balaban J connectivity index is 1.33. The van der Waals surface area contributed by atoms with Gasteiger partial charge in [0.2, 0.25) is 11.0 Å². The van der Waals surface area contributed by atoms with E-state index < -0.39 is 0 Å². The fourth-order valence-corrected chi connectivity index (χ4v) is 6.92. The van der Waals surface area contributed by atoms with Gasteiger partial charge >= 0.3 is 0 Å². The van der Waals surface area contributed by atoms with E-state index in [1.165, 1.54) is 49.9 Å². The summed E-state index contributed by atoms with van der Waals surface area (Å²) in [6, 6.07) is 51.7. The van der Waals surface area contributed by atoms with E-state index in [1.807, 2.05) is 0 Å². The van der Waals surface area contributed by atoms with Gasteiger partial charge in [0.1, 0.15) is 18.5 Å². The van der Waals surface area contributed by atoms with E-state index in [0.29, 0.717) is 0 Å². The molecule has 1 aromatic heterocycles. The first-order chi connectivity index (χ1) is 21.2. The van der Waals surface area contributed by atoms with E-state index >= 15 is 0 Å². The van der Waals surface area contributed by atoms with E-state index in [-0.39, 0.29) is 5.92 Å². The molecule has 43 heavy (non-hydrogen) atoms. The number of nitrogens with zero attached hydrogens (tertiary/aromatic N) is 2. The molecule has 7 aromatic rings. The van der Waals surface area contributed by atoms with E-state index in [9.17, 15) is 0 Å². The largest absolute Gasteiger partial charge is 0.456 e. The lowest BCUT2D eigenvalue weighted by atomic mass is 9.80. The van der Waals surface area contributed by atoms with Crippen LogP contribution in [0.15, 0.2) is 146 Å². The molecule has 1 aliphatic heterocycles. The molecule has 2 heterocycles. The summed E-state index contributed by atoms with van der Waals surface area (Å²) >= 11 is 0. The first-order valence-electron chi connectivity index (χ1n) is 14.8. The number of hydrogen-bond donors (Lipinski definition) is 0. The molecule has 0 bridgehead atoms. The van der Waals surface area contributed by atoms with Gasteiger partial charge in [0, 0.05) is 53.2 Å². The predicted octanol–water partition coefficient (Wildman–Crippen LogP) is 9.54. The monoisotopic (exact) mass is 555 g/mol. The summed E-state index contributed by atoms with van der Waals surface area (Å²) in [5.74, 6) is 1.75. The van der Waals surface area contributed by atoms with Gasteiger partial charge in [-0.2, -0.15) is 4.57 Å². The molecule has 0 atom stereocenters. The smallest absolute Gasteiger partial charge is 0.213 e. The predicted molar refractivity (Wildman–Crippen MR) is 176 cm³/mol. The molecular weight excluding hydrogens is 524 g/mol. The molecule has 3 nitrogen and oxygen atoms in total. The van der Waals surface area contributed by atoms with Gasteiger partial charge < -0.3 is 9.64 Å². The van der Waals surface area contributed by atoms with Gasteiger partial charge in [-0.3, -0.25) is 0 Å². The number of fused-ring (bicyclic) bond motifs is 4. The van der Waals surface area contributed by atoms with Gasteiger partial charge in [0.05, 0.1) is 10.8 Å². The molecule has 0 fully saturated rings. The third-order valence-corrected chi connectivity index (χ3v) is 8.89. The zero-order chi connectivity index (χ0) is 28.9. The summed E-state index contributed by atoms with van der Waals surface area (Å²) < 4.78 is 9.29. The summed E-state index contributed by atoms with van der Waals surface area (Å²) in [6.45, 7) is 0. The van der Waals surface area contributed by atoms with E-state index in [2.05, 4.69) is 169 Å². The number of rotatable bonds is 4. The second kappa shape index (κ2) is 10.1. The van der Waals surface area contributed by atoms with Crippen LogP contribution < -0.4 is 14.2 Å². The summed E-state index contributed by atoms with van der Waals surface area (Å²) in [7, 11) is 4.30. The van der Waals surface area contributed by atoms with Gasteiger partial charge in [-0.25, -0.2) is 0 Å². The number of aryl methyl sites for hydroxylation is 1. The van der Waals surface area contributed by atoms with Crippen molar-refractivity contribution in [3.63, 3.8) is 0 Å². The Labute approximate surface area is 251 Å². The molecule has 8 rings (SSSR count). The maximum Gasteiger partial charge on any atom is 0.213 e. The summed E-state index contributed by atoms with van der Waals surface area (Å²) in [6.07, 6.45) is 0. The molecule has 0 aliphatic carbocycles. The lowest BCUT2D eigenvalue weighted by molar-refractivity contribution is -0.617. The fraction of sp³-hybridized carbons (Fsp3) is 0.0750. The highest BCUT2D eigenvalue weighted by Crippen LogP contribution is 2.50. The quantitative estimate of drug-likeness (QED) is 0.159. The van der Waals surface area contributed by atoms with Crippen LogP contribution in [0.2, 0.25) is 0 Å². The Kier molecular flexibility index (Phi) is 5.97. The number of pyridine rings is 1. The molecule has 1 aliphatic rings. The number of anilines is 2. The van der Waals surface area contributed by atoms with Crippen molar-refractivity contribution < 1.29 is 9.30 Å². The van der Waals surface area contributed by atoms with Crippen molar-refractivity contribution in [3.8, 4) is 22.6 Å². The summed E-state index contributed by atoms with van der Waals surface area (Å²) in [5, 5.41) is 2.40. The van der Waals surface area contributed by atoms with Crippen LogP contribution in [-0.4, -0.2) is 7.05 Å². The van der Waals surface area contributed by atoms with Crippen molar-refractivity contribution in [1.82, 2.24) is 0 Å². The van der Waals surface area contributed by atoms with Crippen LogP contribution in [0.1, 0.15) is 22.6 Å². The van der Waals surface area contributed by atoms with Crippen LogP contribution in [0.4, 0.5) is 11.4 Å². The maximum atomic E-state index is 7.01. The number of hydrogen-bond acceptors (Lipinski definition) is 2. The van der Waals surface area contributed by atoms with Crippen LogP contribution >= 0.6 is 0 Å². The Morgan fingerprint density at radius 2 is 0.977 bits per heavy atom. The molecule has 0 unspecified atom stereocenters. The second-order valence-corrected chi connectivity index (χ2v) is 11.2. The minimum Gasteiger partial charge on any atom is -0.456 e. The van der Waals surface area contributed by atoms with E-state index in [1.54, 1.807) is 0 Å². The lowest BCUT2D eigenvalue weighted by Crippen LogP contribution is -2.30. The van der Waals surface area contributed by atoms with Crippen LogP contribution in [0.3, 0.4) is 0 Å². The minimum absolute atomic E-state index is 0.0457. The fourth-order valence-electron chi connectivity index (χ4n) is 6.92. The van der Waals surface area contributed by atoms with Crippen LogP contribution in [0.25, 0.3) is 32.9 Å². The average Bonchev–Trinajstić information content (AvgIpc) is 3.06. The molecule has 6 aromatic carbocycles. The maximum absolute atomic E-state index is 7.01. The van der Waals surface area contributed by atoms with Crippen LogP contribution in [-0.2, 0) is 7.05 Å². The number of benzene rings is 6. The highest BCUT2D eigenvalue weighted by molar-refractivity contribution is 6.08. The Morgan fingerprint density at radius 3 is 1.60 bits per heavy atom. The van der Waals surface area contributed by atoms with Gasteiger partial charge in [0.25, 0.3) is 0 Å². The van der Waals surface area contributed by atoms with Crippen LogP contribution in [0, 0.1) is 0 Å². The molecule has 0 saturated carbocycles. The highest BCUT2D eigenvalue weighted by atomic mass is 16.5. The van der Waals surface area contributed by atoms with Crippen molar-refractivity contribution in [2.24, 2.45) is 7.05 Å². The highest BCUT2D eigenvalue weighted by Gasteiger charge is 2.31. The topological polar surface area (TPSA) is 16.4 Å². The van der Waals surface area contributed by atoms with E-state index in [4.69, 9.17) is 4.74 Å². The third-order valence-electron chi connectivity index (χ3n) is 8.89. The zero-order valence-corrected chi connectivity index (χ0v) is 24.2. The lowest BCUT2D eigenvalue weighted by Gasteiger charge is -2.36. The molecule has 0 N–H and O–H groups in total. The summed E-state index contributed by atoms with van der Waals surface area (Å²) in [5.41, 5.74) is 10.8. The SMILES string of the molecule is CN1c2ccccc2C(c2ccccc2Oc2ccccc2-c2c3ccccc3[n+](C)c3ccccc23)c2ccccc21. The van der Waals surface area contributed by atoms with Crippen molar-refractivity contribution >= 4 is 33.2 Å². The Bertz CT molecular complexity index is 2060. The first-order valence-corrected chi connectivity index (χ1v) is 14.8. The van der Waals surface area contributed by atoms with Crippen molar-refractivity contribution in [1.29, 1.82) is 0 Å². The summed E-state index contributed by atoms with van der Waals surface area (Å²) in [4.78, 5) is 2.30. The number of ether oxygens (including phenoxy) is 1. The third kappa shape index (κ3) is 4.00. The minimum atomic E-state index is 0.0457. The molecule has 0 spiro atoms. The number of para-hydroxylation sites is 6. The standard InChI is InChI=1S/C40H31N2O/c1-41-33-21-9-3-15-27(33)39(28-16-4-10-22-34(28)41)31-19-7-13-25-37(31)43-38-26-14-8-20-32(38)40-29-17-5-11-23-35(29)42(2)36-24-12-6-18-30(36)40/h3-26,39H,1-2H3/q+1. The van der Waals surface area contributed by atoms with Gasteiger partial charge in [-0.1, -0.05) is 97.1 Å². The van der Waals surface area contributed by atoms with E-state index in [0.717, 1.165) is 22.6 Å².